The maximum absolute atomic E-state index is 12.2. The zero-order valence-electron chi connectivity index (χ0n) is 20.8. The van der Waals surface area contributed by atoms with Gasteiger partial charge < -0.3 is 18.6 Å². The fourth-order valence-corrected chi connectivity index (χ4v) is 4.54. The van der Waals surface area contributed by atoms with Crippen LogP contribution in [0.4, 0.5) is 0 Å². The van der Waals surface area contributed by atoms with E-state index >= 15 is 0 Å². The van der Waals surface area contributed by atoms with Crippen molar-refractivity contribution in [1.29, 1.82) is 0 Å². The SMILES string of the molecule is COC(=O)c1ccc(-c2cn(Cc3cccc(C)n3)c3cc(-c4c(C)noc4C)cnc23)cc1OC. The van der Waals surface area contributed by atoms with Gasteiger partial charge in [0.2, 0.25) is 0 Å². The van der Waals surface area contributed by atoms with E-state index in [9.17, 15) is 4.79 Å². The highest BCUT2D eigenvalue weighted by atomic mass is 16.5. The van der Waals surface area contributed by atoms with Crippen LogP contribution in [0.5, 0.6) is 5.75 Å². The van der Waals surface area contributed by atoms with E-state index < -0.39 is 5.97 Å². The van der Waals surface area contributed by atoms with Crippen LogP contribution in [0.2, 0.25) is 0 Å². The van der Waals surface area contributed by atoms with E-state index in [4.69, 9.17) is 19.0 Å². The van der Waals surface area contributed by atoms with E-state index in [0.29, 0.717) is 17.9 Å². The number of pyridine rings is 2. The third-order valence-electron chi connectivity index (χ3n) is 6.24. The number of ether oxygens (including phenoxy) is 2. The molecule has 0 radical (unpaired) electrons. The summed E-state index contributed by atoms with van der Waals surface area (Å²) in [6, 6.07) is 13.5. The minimum atomic E-state index is -0.450. The lowest BCUT2D eigenvalue weighted by molar-refractivity contribution is 0.0597. The molecule has 8 nitrogen and oxygen atoms in total. The predicted octanol–water partition coefficient (Wildman–Crippen LogP) is 5.52. The number of benzene rings is 1. The molecule has 0 aliphatic rings. The van der Waals surface area contributed by atoms with Crippen molar-refractivity contribution in [3.63, 3.8) is 0 Å². The van der Waals surface area contributed by atoms with Crippen molar-refractivity contribution in [2.24, 2.45) is 0 Å². The first-order chi connectivity index (χ1) is 17.4. The molecule has 8 heteroatoms. The Morgan fingerprint density at radius 1 is 1.06 bits per heavy atom. The number of esters is 1. The first-order valence-electron chi connectivity index (χ1n) is 11.5. The molecule has 0 amide bonds. The molecule has 4 heterocycles. The first-order valence-corrected chi connectivity index (χ1v) is 11.5. The Morgan fingerprint density at radius 2 is 1.89 bits per heavy atom. The second kappa shape index (κ2) is 9.30. The van der Waals surface area contributed by atoms with Crippen LogP contribution in [-0.2, 0) is 11.3 Å². The Bertz CT molecular complexity index is 1580. The van der Waals surface area contributed by atoms with Crippen LogP contribution in [-0.4, -0.2) is 39.9 Å². The van der Waals surface area contributed by atoms with Crippen molar-refractivity contribution in [2.45, 2.75) is 27.3 Å². The van der Waals surface area contributed by atoms with Crippen molar-refractivity contribution in [1.82, 2.24) is 19.7 Å². The molecular formula is C28H26N4O4. The van der Waals surface area contributed by atoms with Crippen molar-refractivity contribution in [3.8, 4) is 28.0 Å². The largest absolute Gasteiger partial charge is 0.496 e. The average molecular weight is 483 g/mol. The van der Waals surface area contributed by atoms with Gasteiger partial charge in [0, 0.05) is 34.8 Å². The Morgan fingerprint density at radius 3 is 2.58 bits per heavy atom. The lowest BCUT2D eigenvalue weighted by atomic mass is 10.0. The maximum Gasteiger partial charge on any atom is 0.341 e. The number of aromatic nitrogens is 4. The number of aryl methyl sites for hydroxylation is 3. The Labute approximate surface area is 208 Å². The third-order valence-corrected chi connectivity index (χ3v) is 6.24. The lowest BCUT2D eigenvalue weighted by Gasteiger charge is -2.09. The number of carbonyl (C=O) groups excluding carboxylic acids is 1. The summed E-state index contributed by atoms with van der Waals surface area (Å²) in [5.74, 6) is 0.733. The quantitative estimate of drug-likeness (QED) is 0.294. The maximum atomic E-state index is 12.2. The fraction of sp³-hybridized carbons (Fsp3) is 0.214. The minimum absolute atomic E-state index is 0.366. The average Bonchev–Trinajstić information content (AvgIpc) is 3.41. The monoisotopic (exact) mass is 482 g/mol. The van der Waals surface area contributed by atoms with Gasteiger partial charge in [-0.25, -0.2) is 4.79 Å². The van der Waals surface area contributed by atoms with Crippen LogP contribution in [0.25, 0.3) is 33.3 Å². The van der Waals surface area contributed by atoms with Crippen molar-refractivity contribution in [2.75, 3.05) is 14.2 Å². The normalized spacial score (nSPS) is 11.1. The molecule has 0 saturated carbocycles. The molecule has 0 fully saturated rings. The van der Waals surface area contributed by atoms with E-state index in [0.717, 1.165) is 56.1 Å². The van der Waals surface area contributed by atoms with E-state index in [1.165, 1.54) is 14.2 Å². The summed E-state index contributed by atoms with van der Waals surface area (Å²) in [5, 5.41) is 4.10. The second-order valence-corrected chi connectivity index (χ2v) is 8.64. The highest BCUT2D eigenvalue weighted by molar-refractivity contribution is 5.97. The van der Waals surface area contributed by atoms with Gasteiger partial charge in [0.1, 0.15) is 17.1 Å². The van der Waals surface area contributed by atoms with E-state index in [1.54, 1.807) is 6.07 Å². The molecule has 5 aromatic rings. The van der Waals surface area contributed by atoms with Gasteiger partial charge in [-0.1, -0.05) is 17.3 Å². The molecule has 0 saturated heterocycles. The topological polar surface area (TPSA) is 92.3 Å². The van der Waals surface area contributed by atoms with Crippen LogP contribution in [0.15, 0.2) is 59.4 Å². The van der Waals surface area contributed by atoms with E-state index in [1.807, 2.05) is 57.3 Å². The molecular weight excluding hydrogens is 456 g/mol. The molecule has 0 spiro atoms. The summed E-state index contributed by atoms with van der Waals surface area (Å²) in [7, 11) is 2.88. The van der Waals surface area contributed by atoms with Crippen LogP contribution >= 0.6 is 0 Å². The number of hydrogen-bond acceptors (Lipinski definition) is 7. The standard InChI is InChI=1S/C28H26N4O4/c1-16-7-6-8-21(30-16)14-32-15-23(19-9-10-22(28(33)35-5)25(12-19)34-4)27-24(32)11-20(13-29-27)26-17(2)31-36-18(26)3/h6-13,15H,14H2,1-5H3. The zero-order valence-corrected chi connectivity index (χ0v) is 20.8. The number of rotatable bonds is 6. The molecule has 0 atom stereocenters. The van der Waals surface area contributed by atoms with Gasteiger partial charge >= 0.3 is 5.97 Å². The number of carbonyl (C=O) groups is 1. The molecule has 0 aliphatic carbocycles. The van der Waals surface area contributed by atoms with Crippen molar-refractivity contribution < 1.29 is 18.8 Å². The Kier molecular flexibility index (Phi) is 6.01. The highest BCUT2D eigenvalue weighted by Crippen LogP contribution is 2.36. The fourth-order valence-electron chi connectivity index (χ4n) is 4.54. The number of nitrogens with zero attached hydrogens (tertiary/aromatic N) is 4. The van der Waals surface area contributed by atoms with Crippen LogP contribution in [0.3, 0.4) is 0 Å². The summed E-state index contributed by atoms with van der Waals surface area (Å²) in [4.78, 5) is 21.7. The molecule has 4 aromatic heterocycles. The molecule has 36 heavy (non-hydrogen) atoms. The highest BCUT2D eigenvalue weighted by Gasteiger charge is 2.19. The zero-order chi connectivity index (χ0) is 25.4. The number of fused-ring (bicyclic) bond motifs is 1. The third kappa shape index (κ3) is 4.11. The predicted molar refractivity (Wildman–Crippen MR) is 136 cm³/mol. The van der Waals surface area contributed by atoms with Gasteiger partial charge in [0.25, 0.3) is 0 Å². The molecule has 0 unspecified atom stereocenters. The second-order valence-electron chi connectivity index (χ2n) is 8.64. The van der Waals surface area contributed by atoms with E-state index in [2.05, 4.69) is 27.0 Å². The minimum Gasteiger partial charge on any atom is -0.496 e. The lowest BCUT2D eigenvalue weighted by Crippen LogP contribution is -2.04. The molecule has 182 valence electrons. The Hall–Kier alpha value is -4.46. The van der Waals surface area contributed by atoms with Crippen molar-refractivity contribution >= 4 is 17.0 Å². The Balaban J connectivity index is 1.69. The molecule has 0 aliphatic heterocycles. The summed E-state index contributed by atoms with van der Waals surface area (Å²) < 4.78 is 17.9. The van der Waals surface area contributed by atoms with Crippen molar-refractivity contribution in [3.05, 3.63) is 83.3 Å². The summed E-state index contributed by atoms with van der Waals surface area (Å²) in [6.45, 7) is 6.37. The summed E-state index contributed by atoms with van der Waals surface area (Å²) in [5.41, 5.74) is 8.52. The van der Waals surface area contributed by atoms with Crippen LogP contribution in [0, 0.1) is 20.8 Å². The molecule has 1 aromatic carbocycles. The smallest absolute Gasteiger partial charge is 0.341 e. The molecule has 5 rings (SSSR count). The van der Waals surface area contributed by atoms with Gasteiger partial charge in [-0.05, 0) is 56.7 Å². The van der Waals surface area contributed by atoms with E-state index in [-0.39, 0.29) is 0 Å². The molecule has 0 N–H and O–H groups in total. The number of methoxy groups -OCH3 is 2. The van der Waals surface area contributed by atoms with Crippen LogP contribution < -0.4 is 4.74 Å². The number of hydrogen-bond donors (Lipinski definition) is 0. The molecule has 0 bridgehead atoms. The van der Waals surface area contributed by atoms with Gasteiger partial charge in [0.15, 0.2) is 0 Å². The summed E-state index contributed by atoms with van der Waals surface area (Å²) >= 11 is 0. The van der Waals surface area contributed by atoms with Gasteiger partial charge in [-0.2, -0.15) is 0 Å². The van der Waals surface area contributed by atoms with Gasteiger partial charge in [-0.3, -0.25) is 9.97 Å². The summed E-state index contributed by atoms with van der Waals surface area (Å²) in [6.07, 6.45) is 3.90. The van der Waals surface area contributed by atoms with Gasteiger partial charge in [0.05, 0.1) is 43.2 Å². The first kappa shape index (κ1) is 23.3. The van der Waals surface area contributed by atoms with Crippen LogP contribution in [0.1, 0.15) is 33.2 Å². The van der Waals surface area contributed by atoms with Gasteiger partial charge in [-0.15, -0.1) is 0 Å².